The molecule has 1 heterocycles. The van der Waals surface area contributed by atoms with Crippen molar-refractivity contribution in [1.29, 1.82) is 0 Å². The number of hydrogen-bond donors (Lipinski definition) is 1. The Hall–Kier alpha value is -3.72. The average Bonchev–Trinajstić information content (AvgIpc) is 2.84. The van der Waals surface area contributed by atoms with Gasteiger partial charge in [0.1, 0.15) is 0 Å². The SMILES string of the molecule is CCOC(=O)N(CCCCN1CC=C(c2ccccc2)CC1)c1cc([N+](=O)[O-])ccc1C(N)=O. The number of nitro groups is 1. The van der Waals surface area contributed by atoms with E-state index in [9.17, 15) is 19.7 Å². The van der Waals surface area contributed by atoms with Crippen LogP contribution in [-0.4, -0.2) is 54.6 Å². The summed E-state index contributed by atoms with van der Waals surface area (Å²) in [4.78, 5) is 38.8. The number of ether oxygens (including phenoxy) is 1. The summed E-state index contributed by atoms with van der Waals surface area (Å²) in [5.41, 5.74) is 7.97. The summed E-state index contributed by atoms with van der Waals surface area (Å²) in [6, 6.07) is 14.0. The van der Waals surface area contributed by atoms with E-state index in [0.29, 0.717) is 6.42 Å². The maximum absolute atomic E-state index is 12.6. The van der Waals surface area contributed by atoms with E-state index in [4.69, 9.17) is 10.5 Å². The third-order valence-electron chi connectivity index (χ3n) is 5.78. The molecule has 0 atom stereocenters. The zero-order valence-electron chi connectivity index (χ0n) is 19.3. The highest BCUT2D eigenvalue weighted by Gasteiger charge is 2.24. The second-order valence-electron chi connectivity index (χ2n) is 8.03. The molecule has 0 saturated heterocycles. The van der Waals surface area contributed by atoms with Crippen LogP contribution in [0.4, 0.5) is 16.2 Å². The molecule has 34 heavy (non-hydrogen) atoms. The van der Waals surface area contributed by atoms with E-state index in [1.807, 2.05) is 18.2 Å². The number of hydrogen-bond acceptors (Lipinski definition) is 6. The topological polar surface area (TPSA) is 119 Å². The first kappa shape index (κ1) is 24.9. The van der Waals surface area contributed by atoms with Crippen LogP contribution in [0, 0.1) is 10.1 Å². The second-order valence-corrected chi connectivity index (χ2v) is 8.03. The Bertz CT molecular complexity index is 1050. The molecule has 0 bridgehead atoms. The standard InChI is InChI=1S/C25H30N4O5/c1-2-34-25(31)28(23-18-21(29(32)33)10-11-22(23)24(26)30)15-7-6-14-27-16-12-20(13-17-27)19-8-4-3-5-9-19/h3-5,8-12,18H,2,6-7,13-17H2,1H3,(H2,26,30). The highest BCUT2D eigenvalue weighted by atomic mass is 16.6. The molecule has 0 spiro atoms. The average molecular weight is 467 g/mol. The fraction of sp³-hybridized carbons (Fsp3) is 0.360. The molecular weight excluding hydrogens is 436 g/mol. The maximum Gasteiger partial charge on any atom is 0.414 e. The highest BCUT2D eigenvalue weighted by molar-refractivity contribution is 6.03. The number of benzene rings is 2. The predicted octanol–water partition coefficient (Wildman–Crippen LogP) is 4.23. The second kappa shape index (κ2) is 11.9. The van der Waals surface area contributed by atoms with Crippen molar-refractivity contribution in [3.05, 3.63) is 75.8 Å². The molecular formula is C25H30N4O5. The van der Waals surface area contributed by atoms with E-state index in [2.05, 4.69) is 23.1 Å². The fourth-order valence-corrected chi connectivity index (χ4v) is 4.01. The zero-order chi connectivity index (χ0) is 24.5. The van der Waals surface area contributed by atoms with Crippen molar-refractivity contribution in [2.75, 3.05) is 37.7 Å². The molecule has 2 amide bonds. The molecule has 2 N–H and O–H groups in total. The minimum absolute atomic E-state index is 0.0354. The van der Waals surface area contributed by atoms with Gasteiger partial charge in [0.15, 0.2) is 0 Å². The first-order valence-electron chi connectivity index (χ1n) is 11.4. The summed E-state index contributed by atoms with van der Waals surface area (Å²) in [6.45, 7) is 4.74. The van der Waals surface area contributed by atoms with Gasteiger partial charge in [0.25, 0.3) is 11.6 Å². The monoisotopic (exact) mass is 466 g/mol. The van der Waals surface area contributed by atoms with Crippen LogP contribution in [0.15, 0.2) is 54.6 Å². The number of rotatable bonds is 10. The lowest BCUT2D eigenvalue weighted by Gasteiger charge is -2.27. The van der Waals surface area contributed by atoms with Crippen LogP contribution in [-0.2, 0) is 4.74 Å². The van der Waals surface area contributed by atoms with Gasteiger partial charge in [-0.15, -0.1) is 0 Å². The Labute approximate surface area is 198 Å². The van der Waals surface area contributed by atoms with Crippen molar-refractivity contribution >= 4 is 28.9 Å². The molecule has 3 rings (SSSR count). The molecule has 0 aromatic heterocycles. The van der Waals surface area contributed by atoms with Crippen LogP contribution in [0.25, 0.3) is 5.57 Å². The van der Waals surface area contributed by atoms with Crippen molar-refractivity contribution in [2.45, 2.75) is 26.2 Å². The number of non-ortho nitro benzene ring substituents is 1. The van der Waals surface area contributed by atoms with Gasteiger partial charge in [-0.2, -0.15) is 0 Å². The number of nitrogens with two attached hydrogens (primary N) is 1. The van der Waals surface area contributed by atoms with Gasteiger partial charge in [-0.25, -0.2) is 4.79 Å². The molecule has 0 aliphatic carbocycles. The van der Waals surface area contributed by atoms with Crippen LogP contribution in [0.5, 0.6) is 0 Å². The number of anilines is 1. The van der Waals surface area contributed by atoms with Gasteiger partial charge in [-0.05, 0) is 49.9 Å². The summed E-state index contributed by atoms with van der Waals surface area (Å²) >= 11 is 0. The van der Waals surface area contributed by atoms with E-state index in [-0.39, 0.29) is 30.1 Å². The van der Waals surface area contributed by atoms with Crippen LogP contribution < -0.4 is 10.6 Å². The van der Waals surface area contributed by atoms with Gasteiger partial charge in [-0.1, -0.05) is 36.4 Å². The molecule has 0 unspecified atom stereocenters. The molecule has 0 saturated carbocycles. The third-order valence-corrected chi connectivity index (χ3v) is 5.78. The molecule has 0 radical (unpaired) electrons. The quantitative estimate of drug-likeness (QED) is 0.318. The van der Waals surface area contributed by atoms with E-state index in [1.54, 1.807) is 6.92 Å². The highest BCUT2D eigenvalue weighted by Crippen LogP contribution is 2.27. The Balaban J connectivity index is 1.63. The molecule has 9 heteroatoms. The van der Waals surface area contributed by atoms with Crippen molar-refractivity contribution in [3.8, 4) is 0 Å². The maximum atomic E-state index is 12.6. The van der Waals surface area contributed by atoms with E-state index < -0.39 is 16.9 Å². The summed E-state index contributed by atoms with van der Waals surface area (Å²) < 4.78 is 5.14. The smallest absolute Gasteiger partial charge is 0.414 e. The van der Waals surface area contributed by atoms with Gasteiger partial charge in [0.2, 0.25) is 0 Å². The Morgan fingerprint density at radius 3 is 2.56 bits per heavy atom. The largest absolute Gasteiger partial charge is 0.449 e. The molecule has 1 aliphatic rings. The van der Waals surface area contributed by atoms with Crippen molar-refractivity contribution < 1.29 is 19.2 Å². The number of primary amides is 1. The number of nitrogens with zero attached hydrogens (tertiary/aromatic N) is 3. The minimum Gasteiger partial charge on any atom is -0.449 e. The lowest BCUT2D eigenvalue weighted by atomic mass is 9.99. The molecule has 2 aromatic carbocycles. The number of unbranched alkanes of at least 4 members (excludes halogenated alkanes) is 1. The van der Waals surface area contributed by atoms with Gasteiger partial charge in [0.05, 0.1) is 22.8 Å². The van der Waals surface area contributed by atoms with Crippen molar-refractivity contribution in [3.63, 3.8) is 0 Å². The van der Waals surface area contributed by atoms with Crippen LogP contribution in [0.1, 0.15) is 42.1 Å². The Morgan fingerprint density at radius 1 is 1.18 bits per heavy atom. The first-order valence-corrected chi connectivity index (χ1v) is 11.4. The van der Waals surface area contributed by atoms with Crippen molar-refractivity contribution in [2.24, 2.45) is 5.73 Å². The molecule has 0 fully saturated rings. The van der Waals surface area contributed by atoms with Gasteiger partial charge < -0.3 is 10.5 Å². The molecule has 2 aromatic rings. The molecule has 180 valence electrons. The Kier molecular flexibility index (Phi) is 8.75. The number of amides is 2. The first-order chi connectivity index (χ1) is 16.4. The van der Waals surface area contributed by atoms with Crippen LogP contribution in [0.3, 0.4) is 0 Å². The minimum atomic E-state index is -0.770. The fourth-order valence-electron chi connectivity index (χ4n) is 4.01. The van der Waals surface area contributed by atoms with Gasteiger partial charge in [0, 0.05) is 31.8 Å². The van der Waals surface area contributed by atoms with Gasteiger partial charge in [-0.3, -0.25) is 24.7 Å². The Morgan fingerprint density at radius 2 is 1.94 bits per heavy atom. The van der Waals surface area contributed by atoms with E-state index >= 15 is 0 Å². The number of carbonyl (C=O) groups excluding carboxylic acids is 2. The van der Waals surface area contributed by atoms with E-state index in [0.717, 1.165) is 32.5 Å². The third kappa shape index (κ3) is 6.41. The normalized spacial score (nSPS) is 13.7. The number of carbonyl (C=O) groups is 2. The van der Waals surface area contributed by atoms with E-state index in [1.165, 1.54) is 34.2 Å². The van der Waals surface area contributed by atoms with Gasteiger partial charge >= 0.3 is 6.09 Å². The zero-order valence-corrected chi connectivity index (χ0v) is 19.3. The summed E-state index contributed by atoms with van der Waals surface area (Å²) in [7, 11) is 0. The number of nitro benzene ring substituents is 1. The predicted molar refractivity (Wildman–Crippen MR) is 131 cm³/mol. The molecule has 9 nitrogen and oxygen atoms in total. The lowest BCUT2D eigenvalue weighted by molar-refractivity contribution is -0.384. The summed E-state index contributed by atoms with van der Waals surface area (Å²) in [5, 5.41) is 11.2. The molecule has 1 aliphatic heterocycles. The lowest BCUT2D eigenvalue weighted by Crippen LogP contribution is -2.35. The summed E-state index contributed by atoms with van der Waals surface area (Å²) in [5.74, 6) is -0.770. The van der Waals surface area contributed by atoms with Crippen LogP contribution in [0.2, 0.25) is 0 Å². The van der Waals surface area contributed by atoms with Crippen molar-refractivity contribution in [1.82, 2.24) is 4.90 Å². The van der Waals surface area contributed by atoms with Crippen LogP contribution >= 0.6 is 0 Å². The summed E-state index contributed by atoms with van der Waals surface area (Å²) in [6.07, 6.45) is 4.01.